The normalized spacial score (nSPS) is 15.7. The lowest BCUT2D eigenvalue weighted by molar-refractivity contribution is -0.122. The third kappa shape index (κ3) is 4.22. The zero-order valence-electron chi connectivity index (χ0n) is 18.7. The number of benzene rings is 2. The minimum atomic E-state index is -0.471. The molecule has 1 saturated heterocycles. The monoisotopic (exact) mass is 475 g/mol. The van der Waals surface area contributed by atoms with Gasteiger partial charge >= 0.3 is 0 Å². The van der Waals surface area contributed by atoms with E-state index >= 15 is 0 Å². The van der Waals surface area contributed by atoms with Gasteiger partial charge in [-0.15, -0.1) is 11.3 Å². The van der Waals surface area contributed by atoms with Gasteiger partial charge in [0.05, 0.1) is 17.3 Å². The van der Waals surface area contributed by atoms with Crippen molar-refractivity contribution in [3.8, 4) is 16.4 Å². The summed E-state index contributed by atoms with van der Waals surface area (Å²) in [5, 5.41) is 9.86. The number of aryl methyl sites for hydroxylation is 2. The molecule has 34 heavy (non-hydrogen) atoms. The molecule has 7 nitrogen and oxygen atoms in total. The quantitative estimate of drug-likeness (QED) is 0.452. The van der Waals surface area contributed by atoms with E-state index in [-0.39, 0.29) is 24.1 Å². The Labute approximate surface area is 199 Å². The van der Waals surface area contributed by atoms with Gasteiger partial charge in [0.25, 0.3) is 0 Å². The molecule has 2 aromatic heterocycles. The van der Waals surface area contributed by atoms with E-state index in [4.69, 9.17) is 0 Å². The van der Waals surface area contributed by atoms with E-state index in [0.717, 1.165) is 22.5 Å². The van der Waals surface area contributed by atoms with Crippen LogP contribution in [0.4, 0.5) is 15.9 Å². The van der Waals surface area contributed by atoms with Crippen LogP contribution in [0.15, 0.2) is 60.0 Å². The highest BCUT2D eigenvalue weighted by Crippen LogP contribution is 2.30. The molecule has 9 heteroatoms. The van der Waals surface area contributed by atoms with Gasteiger partial charge in [0, 0.05) is 35.7 Å². The molecule has 1 N–H and O–H groups in total. The second-order valence-corrected chi connectivity index (χ2v) is 9.12. The molecular weight excluding hydrogens is 453 g/mol. The fourth-order valence-corrected chi connectivity index (χ4v) is 4.86. The Morgan fingerprint density at radius 1 is 1.15 bits per heavy atom. The van der Waals surface area contributed by atoms with Gasteiger partial charge in [0.15, 0.2) is 0 Å². The van der Waals surface area contributed by atoms with Crippen molar-refractivity contribution in [2.24, 2.45) is 5.92 Å². The highest BCUT2D eigenvalue weighted by atomic mass is 32.1. The number of carbonyl (C=O) groups excluding carboxylic acids is 2. The summed E-state index contributed by atoms with van der Waals surface area (Å²) in [6, 6.07) is 15.5. The number of hydrogen-bond donors (Lipinski definition) is 1. The Bertz CT molecular complexity index is 1380. The SMILES string of the molecule is Cc1cc(NC(=O)[C@H]2CC(=O)N(c3ccccc3C)C2)n(-c2nc(-c3ccc(F)cc3)cs2)n1. The van der Waals surface area contributed by atoms with Crippen molar-refractivity contribution < 1.29 is 14.0 Å². The van der Waals surface area contributed by atoms with Crippen molar-refractivity contribution in [1.29, 1.82) is 0 Å². The van der Waals surface area contributed by atoms with E-state index in [2.05, 4.69) is 15.4 Å². The van der Waals surface area contributed by atoms with Gasteiger partial charge in [-0.25, -0.2) is 9.37 Å². The van der Waals surface area contributed by atoms with Crippen LogP contribution in [0, 0.1) is 25.6 Å². The van der Waals surface area contributed by atoms with Gasteiger partial charge in [-0.05, 0) is 49.7 Å². The molecule has 1 fully saturated rings. The van der Waals surface area contributed by atoms with Crippen molar-refractivity contribution in [2.75, 3.05) is 16.8 Å². The van der Waals surface area contributed by atoms with Crippen molar-refractivity contribution in [1.82, 2.24) is 14.8 Å². The van der Waals surface area contributed by atoms with Gasteiger partial charge < -0.3 is 10.2 Å². The van der Waals surface area contributed by atoms with E-state index in [0.29, 0.717) is 23.2 Å². The first-order chi connectivity index (χ1) is 16.4. The summed E-state index contributed by atoms with van der Waals surface area (Å²) in [5.74, 6) is -0.590. The molecule has 0 radical (unpaired) electrons. The standard InChI is InChI=1S/C25H22FN5O2S/c1-15-5-3-4-6-21(15)30-13-18(12-23(30)32)24(33)28-22-11-16(2)29-31(22)25-27-20(14-34-25)17-7-9-19(26)10-8-17/h3-11,14,18H,12-13H2,1-2H3,(H,28,33)/t18-/m0/s1. The Balaban J connectivity index is 1.35. The maximum atomic E-state index is 13.2. The molecular formula is C25H22FN5O2S. The number of anilines is 2. The molecule has 0 aliphatic carbocycles. The fourth-order valence-electron chi connectivity index (χ4n) is 4.06. The van der Waals surface area contributed by atoms with Gasteiger partial charge in [-0.3, -0.25) is 9.59 Å². The molecule has 5 rings (SSSR count). The molecule has 1 atom stereocenters. The minimum absolute atomic E-state index is 0.0667. The van der Waals surface area contributed by atoms with Gasteiger partial charge in [-0.2, -0.15) is 9.78 Å². The molecule has 0 bridgehead atoms. The van der Waals surface area contributed by atoms with Crippen LogP contribution in [0.25, 0.3) is 16.4 Å². The first-order valence-electron chi connectivity index (χ1n) is 10.8. The number of amides is 2. The number of halogens is 1. The molecule has 0 spiro atoms. The predicted octanol–water partition coefficient (Wildman–Crippen LogP) is 4.74. The highest BCUT2D eigenvalue weighted by Gasteiger charge is 2.36. The summed E-state index contributed by atoms with van der Waals surface area (Å²) < 4.78 is 14.8. The second-order valence-electron chi connectivity index (χ2n) is 8.29. The summed E-state index contributed by atoms with van der Waals surface area (Å²) in [7, 11) is 0. The van der Waals surface area contributed by atoms with Crippen molar-refractivity contribution in [2.45, 2.75) is 20.3 Å². The van der Waals surface area contributed by atoms with Crippen molar-refractivity contribution in [3.63, 3.8) is 0 Å². The zero-order valence-corrected chi connectivity index (χ0v) is 19.5. The Hall–Kier alpha value is -3.85. The average molecular weight is 476 g/mol. The maximum absolute atomic E-state index is 13.2. The van der Waals surface area contributed by atoms with E-state index in [1.807, 2.05) is 43.5 Å². The van der Waals surface area contributed by atoms with Crippen molar-refractivity contribution >= 4 is 34.7 Å². The number of nitrogens with zero attached hydrogens (tertiary/aromatic N) is 4. The molecule has 1 aliphatic rings. The molecule has 2 aromatic carbocycles. The Kier molecular flexibility index (Phi) is 5.70. The number of hydrogen-bond acceptors (Lipinski definition) is 5. The number of carbonyl (C=O) groups is 2. The minimum Gasteiger partial charge on any atom is -0.311 e. The number of thiazole rings is 1. The lowest BCUT2D eigenvalue weighted by atomic mass is 10.1. The number of rotatable bonds is 5. The smallest absolute Gasteiger partial charge is 0.230 e. The van der Waals surface area contributed by atoms with Gasteiger partial charge in [0.2, 0.25) is 16.9 Å². The highest BCUT2D eigenvalue weighted by molar-refractivity contribution is 7.12. The van der Waals surface area contributed by atoms with Crippen LogP contribution in [-0.2, 0) is 9.59 Å². The molecule has 3 heterocycles. The lowest BCUT2D eigenvalue weighted by Gasteiger charge is -2.19. The second kappa shape index (κ2) is 8.83. The molecule has 0 unspecified atom stereocenters. The lowest BCUT2D eigenvalue weighted by Crippen LogP contribution is -2.29. The Morgan fingerprint density at radius 2 is 1.91 bits per heavy atom. The number of para-hydroxylation sites is 1. The number of aromatic nitrogens is 3. The van der Waals surface area contributed by atoms with Gasteiger partial charge in [-0.1, -0.05) is 18.2 Å². The van der Waals surface area contributed by atoms with E-state index < -0.39 is 5.92 Å². The summed E-state index contributed by atoms with van der Waals surface area (Å²) in [5.41, 5.74) is 4.03. The fraction of sp³-hybridized carbons (Fsp3) is 0.200. The first kappa shape index (κ1) is 22.0. The Morgan fingerprint density at radius 3 is 2.68 bits per heavy atom. The summed E-state index contributed by atoms with van der Waals surface area (Å²) >= 11 is 1.37. The van der Waals surface area contributed by atoms with E-state index in [9.17, 15) is 14.0 Å². The third-order valence-electron chi connectivity index (χ3n) is 5.80. The number of nitrogens with one attached hydrogen (secondary N) is 1. The zero-order chi connectivity index (χ0) is 23.8. The molecule has 1 aliphatic heterocycles. The van der Waals surface area contributed by atoms with E-state index in [1.54, 1.807) is 27.8 Å². The average Bonchev–Trinajstić information content (AvgIpc) is 3.53. The van der Waals surface area contributed by atoms with Crippen LogP contribution < -0.4 is 10.2 Å². The third-order valence-corrected chi connectivity index (χ3v) is 6.61. The van der Waals surface area contributed by atoms with Gasteiger partial charge in [0.1, 0.15) is 11.6 Å². The first-order valence-corrected chi connectivity index (χ1v) is 11.7. The van der Waals surface area contributed by atoms with Crippen LogP contribution in [-0.4, -0.2) is 33.1 Å². The molecule has 4 aromatic rings. The summed E-state index contributed by atoms with van der Waals surface area (Å²) in [4.78, 5) is 32.0. The maximum Gasteiger partial charge on any atom is 0.230 e. The largest absolute Gasteiger partial charge is 0.311 e. The summed E-state index contributed by atoms with van der Waals surface area (Å²) in [6.07, 6.45) is 0.152. The molecule has 0 saturated carbocycles. The van der Waals surface area contributed by atoms with Crippen LogP contribution in [0.3, 0.4) is 0 Å². The van der Waals surface area contributed by atoms with Crippen LogP contribution in [0.2, 0.25) is 0 Å². The van der Waals surface area contributed by atoms with Crippen LogP contribution >= 0.6 is 11.3 Å². The van der Waals surface area contributed by atoms with Crippen molar-refractivity contribution in [3.05, 3.63) is 77.1 Å². The van der Waals surface area contributed by atoms with E-state index in [1.165, 1.54) is 23.5 Å². The van der Waals surface area contributed by atoms with Crippen LogP contribution in [0.5, 0.6) is 0 Å². The van der Waals surface area contributed by atoms with Crippen LogP contribution in [0.1, 0.15) is 17.7 Å². The molecule has 2 amide bonds. The molecule has 172 valence electrons. The predicted molar refractivity (Wildman–Crippen MR) is 130 cm³/mol. The topological polar surface area (TPSA) is 80.1 Å². The summed E-state index contributed by atoms with van der Waals surface area (Å²) in [6.45, 7) is 4.11.